The molecule has 1 rings (SSSR count). The van der Waals surface area contributed by atoms with Crippen LogP contribution in [0.2, 0.25) is 5.02 Å². The van der Waals surface area contributed by atoms with E-state index in [1.807, 2.05) is 6.92 Å². The van der Waals surface area contributed by atoms with E-state index in [0.717, 1.165) is 5.56 Å². The Morgan fingerprint density at radius 2 is 1.85 bits per heavy atom. The molecular weight excluding hydrogens is 289 g/mol. The van der Waals surface area contributed by atoms with E-state index in [-0.39, 0.29) is 12.1 Å². The summed E-state index contributed by atoms with van der Waals surface area (Å²) in [6, 6.07) is 4.77. The Hall–Kier alpha value is -0.940. The summed E-state index contributed by atoms with van der Waals surface area (Å²) in [5, 5.41) is 0.320. The smallest absolute Gasteiger partial charge is 0.359 e. The first-order chi connectivity index (χ1) is 9.10. The van der Waals surface area contributed by atoms with E-state index >= 15 is 0 Å². The Kier molecular flexibility index (Phi) is 5.71. The predicted molar refractivity (Wildman–Crippen MR) is 77.3 cm³/mol. The summed E-state index contributed by atoms with van der Waals surface area (Å²) in [5.41, 5.74) is 7.02. The van der Waals surface area contributed by atoms with Crippen molar-refractivity contribution in [3.8, 4) is 0 Å². The van der Waals surface area contributed by atoms with Crippen molar-refractivity contribution in [2.45, 2.75) is 45.5 Å². The molecule has 1 atom stereocenters. The van der Waals surface area contributed by atoms with Crippen LogP contribution in [-0.2, 0) is 6.42 Å². The standard InChI is InChI=1S/C14H20ClF3N2/c1-9(2)20(8-14(16,17)18)13-5-4-11(6-10(3)19)7-12(13)15/h4-5,7,9-10H,6,8,19H2,1-3H3. The third kappa shape index (κ3) is 5.21. The van der Waals surface area contributed by atoms with Crippen LogP contribution >= 0.6 is 11.6 Å². The van der Waals surface area contributed by atoms with Gasteiger partial charge in [0.15, 0.2) is 0 Å². The van der Waals surface area contributed by atoms with Crippen LogP contribution in [0.25, 0.3) is 0 Å². The molecule has 1 aromatic rings. The van der Waals surface area contributed by atoms with Crippen LogP contribution in [0.3, 0.4) is 0 Å². The molecule has 0 saturated heterocycles. The van der Waals surface area contributed by atoms with E-state index in [1.54, 1.807) is 32.0 Å². The van der Waals surface area contributed by atoms with Crippen molar-refractivity contribution in [2.75, 3.05) is 11.4 Å². The lowest BCUT2D eigenvalue weighted by atomic mass is 10.1. The zero-order chi connectivity index (χ0) is 15.5. The Balaban J connectivity index is 3.03. The van der Waals surface area contributed by atoms with Crippen molar-refractivity contribution in [2.24, 2.45) is 5.73 Å². The summed E-state index contributed by atoms with van der Waals surface area (Å²) in [6.07, 6.45) is -3.63. The molecule has 2 N–H and O–H groups in total. The van der Waals surface area contributed by atoms with Crippen molar-refractivity contribution in [1.29, 1.82) is 0 Å². The lowest BCUT2D eigenvalue weighted by Crippen LogP contribution is -2.39. The molecule has 114 valence electrons. The quantitative estimate of drug-likeness (QED) is 0.890. The summed E-state index contributed by atoms with van der Waals surface area (Å²) in [4.78, 5) is 1.25. The topological polar surface area (TPSA) is 29.3 Å². The average molecular weight is 309 g/mol. The lowest BCUT2D eigenvalue weighted by molar-refractivity contribution is -0.120. The number of alkyl halides is 3. The number of hydrogen-bond acceptors (Lipinski definition) is 2. The van der Waals surface area contributed by atoms with Crippen LogP contribution in [0, 0.1) is 0 Å². The SMILES string of the molecule is CC(N)Cc1ccc(N(CC(F)(F)F)C(C)C)c(Cl)c1. The molecule has 0 aliphatic heterocycles. The highest BCUT2D eigenvalue weighted by Crippen LogP contribution is 2.31. The molecule has 0 heterocycles. The van der Waals surface area contributed by atoms with Gasteiger partial charge in [-0.2, -0.15) is 13.2 Å². The Bertz CT molecular complexity index is 445. The molecule has 1 aromatic carbocycles. The van der Waals surface area contributed by atoms with Crippen molar-refractivity contribution < 1.29 is 13.2 Å². The molecule has 0 aliphatic carbocycles. The fraction of sp³-hybridized carbons (Fsp3) is 0.571. The number of nitrogens with two attached hydrogens (primary N) is 1. The van der Waals surface area contributed by atoms with Gasteiger partial charge in [0.1, 0.15) is 6.54 Å². The van der Waals surface area contributed by atoms with Gasteiger partial charge in [0, 0.05) is 12.1 Å². The normalized spacial score (nSPS) is 13.7. The van der Waals surface area contributed by atoms with Gasteiger partial charge in [0.05, 0.1) is 10.7 Å². The van der Waals surface area contributed by atoms with Gasteiger partial charge >= 0.3 is 6.18 Å². The number of anilines is 1. The van der Waals surface area contributed by atoms with Crippen LogP contribution < -0.4 is 10.6 Å². The van der Waals surface area contributed by atoms with Crippen LogP contribution in [0.4, 0.5) is 18.9 Å². The maximum Gasteiger partial charge on any atom is 0.405 e. The zero-order valence-corrected chi connectivity index (χ0v) is 12.6. The summed E-state index contributed by atoms with van der Waals surface area (Å²) >= 11 is 6.13. The van der Waals surface area contributed by atoms with Crippen LogP contribution in [0.1, 0.15) is 26.3 Å². The monoisotopic (exact) mass is 308 g/mol. The maximum absolute atomic E-state index is 12.6. The Morgan fingerprint density at radius 3 is 2.25 bits per heavy atom. The largest absolute Gasteiger partial charge is 0.405 e. The molecule has 0 radical (unpaired) electrons. The molecule has 20 heavy (non-hydrogen) atoms. The molecular formula is C14H20ClF3N2. The zero-order valence-electron chi connectivity index (χ0n) is 11.8. The molecule has 0 bridgehead atoms. The first kappa shape index (κ1) is 17.1. The van der Waals surface area contributed by atoms with E-state index in [9.17, 15) is 13.2 Å². The maximum atomic E-state index is 12.6. The van der Waals surface area contributed by atoms with Gasteiger partial charge in [-0.1, -0.05) is 17.7 Å². The summed E-state index contributed by atoms with van der Waals surface area (Å²) in [7, 11) is 0. The Labute approximate surface area is 122 Å². The minimum absolute atomic E-state index is 0.0201. The fourth-order valence-corrected chi connectivity index (χ4v) is 2.33. The lowest BCUT2D eigenvalue weighted by Gasteiger charge is -2.30. The first-order valence-corrected chi connectivity index (χ1v) is 6.85. The minimum atomic E-state index is -4.27. The second-order valence-corrected chi connectivity index (χ2v) is 5.71. The second-order valence-electron chi connectivity index (χ2n) is 5.30. The third-order valence-electron chi connectivity index (χ3n) is 2.85. The number of rotatable bonds is 5. The molecule has 6 heteroatoms. The molecule has 0 saturated carbocycles. The molecule has 0 spiro atoms. The summed E-state index contributed by atoms with van der Waals surface area (Å²) in [6.45, 7) is 4.26. The van der Waals surface area contributed by atoms with Gasteiger partial charge < -0.3 is 10.6 Å². The van der Waals surface area contributed by atoms with Gasteiger partial charge in [0.25, 0.3) is 0 Å². The van der Waals surface area contributed by atoms with Crippen molar-refractivity contribution in [3.05, 3.63) is 28.8 Å². The molecule has 0 aliphatic rings. The van der Waals surface area contributed by atoms with Crippen molar-refractivity contribution in [3.63, 3.8) is 0 Å². The van der Waals surface area contributed by atoms with Crippen LogP contribution in [0.5, 0.6) is 0 Å². The van der Waals surface area contributed by atoms with Crippen molar-refractivity contribution in [1.82, 2.24) is 0 Å². The van der Waals surface area contributed by atoms with Crippen LogP contribution in [-0.4, -0.2) is 24.8 Å². The average Bonchev–Trinajstić information content (AvgIpc) is 2.24. The molecule has 1 unspecified atom stereocenters. The van der Waals surface area contributed by atoms with Gasteiger partial charge in [-0.05, 0) is 44.9 Å². The van der Waals surface area contributed by atoms with E-state index in [4.69, 9.17) is 17.3 Å². The second kappa shape index (κ2) is 6.68. The number of benzene rings is 1. The summed E-state index contributed by atoms with van der Waals surface area (Å²) < 4.78 is 37.9. The number of halogens is 4. The predicted octanol–water partition coefficient (Wildman–Crippen LogP) is 4.01. The van der Waals surface area contributed by atoms with Crippen LogP contribution in [0.15, 0.2) is 18.2 Å². The first-order valence-electron chi connectivity index (χ1n) is 6.47. The minimum Gasteiger partial charge on any atom is -0.359 e. The Morgan fingerprint density at radius 1 is 1.25 bits per heavy atom. The van der Waals surface area contributed by atoms with E-state index in [2.05, 4.69) is 0 Å². The molecule has 0 aromatic heterocycles. The van der Waals surface area contributed by atoms with Gasteiger partial charge in [-0.15, -0.1) is 0 Å². The van der Waals surface area contributed by atoms with Crippen molar-refractivity contribution >= 4 is 17.3 Å². The molecule has 2 nitrogen and oxygen atoms in total. The highest BCUT2D eigenvalue weighted by molar-refractivity contribution is 6.33. The molecule has 0 fully saturated rings. The van der Waals surface area contributed by atoms with E-state index in [0.29, 0.717) is 17.1 Å². The van der Waals surface area contributed by atoms with Gasteiger partial charge in [-0.25, -0.2) is 0 Å². The van der Waals surface area contributed by atoms with Gasteiger partial charge in [-0.3, -0.25) is 0 Å². The van der Waals surface area contributed by atoms with E-state index in [1.165, 1.54) is 4.90 Å². The van der Waals surface area contributed by atoms with E-state index < -0.39 is 12.7 Å². The van der Waals surface area contributed by atoms with Gasteiger partial charge in [0.2, 0.25) is 0 Å². The highest BCUT2D eigenvalue weighted by atomic mass is 35.5. The third-order valence-corrected chi connectivity index (χ3v) is 3.15. The fourth-order valence-electron chi connectivity index (χ4n) is 2.02. The number of hydrogen-bond donors (Lipinski definition) is 1. The number of nitrogens with zero attached hydrogens (tertiary/aromatic N) is 1. The summed E-state index contributed by atoms with van der Waals surface area (Å²) in [5.74, 6) is 0. The molecule has 0 amide bonds. The highest BCUT2D eigenvalue weighted by Gasteiger charge is 2.32.